The zero-order valence-electron chi connectivity index (χ0n) is 10.1. The number of pyridine rings is 2. The highest BCUT2D eigenvalue weighted by atomic mass is 35.5. The van der Waals surface area contributed by atoms with E-state index >= 15 is 0 Å². The molecule has 0 aliphatic heterocycles. The van der Waals surface area contributed by atoms with Gasteiger partial charge in [-0.1, -0.05) is 11.6 Å². The smallest absolute Gasteiger partial charge is 0.275 e. The van der Waals surface area contributed by atoms with Crippen LogP contribution in [0.2, 0.25) is 5.02 Å². The number of carbonyl (C=O) groups excluding carboxylic acids is 1. The number of aryl methyl sites for hydroxylation is 1. The number of nitrogen functional groups attached to an aromatic ring is 1. The number of hydrogen-bond donors (Lipinski definition) is 3. The Morgan fingerprint density at radius 1 is 1.32 bits per heavy atom. The molecule has 98 valence electrons. The summed E-state index contributed by atoms with van der Waals surface area (Å²) in [6.07, 6.45) is 1.56. The van der Waals surface area contributed by atoms with Gasteiger partial charge >= 0.3 is 0 Å². The summed E-state index contributed by atoms with van der Waals surface area (Å²) in [7, 11) is 0. The van der Waals surface area contributed by atoms with Crippen LogP contribution in [-0.4, -0.2) is 15.9 Å². The molecule has 0 radical (unpaired) electrons. The number of halogens is 1. The highest BCUT2D eigenvalue weighted by Crippen LogP contribution is 2.17. The van der Waals surface area contributed by atoms with Gasteiger partial charge in [-0.2, -0.15) is 0 Å². The van der Waals surface area contributed by atoms with Crippen molar-refractivity contribution in [2.75, 3.05) is 10.7 Å². The fourth-order valence-electron chi connectivity index (χ4n) is 1.41. The molecule has 19 heavy (non-hydrogen) atoms. The van der Waals surface area contributed by atoms with Gasteiger partial charge in [0.25, 0.3) is 5.91 Å². The van der Waals surface area contributed by atoms with E-state index in [0.717, 1.165) is 5.69 Å². The SMILES string of the molecule is Cc1ccc(NC(=O)c2nc(NN)ccc2Cl)cn1. The van der Waals surface area contributed by atoms with Crippen molar-refractivity contribution in [2.45, 2.75) is 6.92 Å². The van der Waals surface area contributed by atoms with Gasteiger partial charge in [-0.15, -0.1) is 0 Å². The molecule has 0 aromatic carbocycles. The molecule has 4 N–H and O–H groups in total. The molecule has 2 heterocycles. The zero-order chi connectivity index (χ0) is 13.8. The topological polar surface area (TPSA) is 92.9 Å². The number of rotatable bonds is 3. The molecule has 7 heteroatoms. The normalized spacial score (nSPS) is 10.1. The molecule has 2 aromatic heterocycles. The number of nitrogens with zero attached hydrogens (tertiary/aromatic N) is 2. The molecule has 6 nitrogen and oxygen atoms in total. The highest BCUT2D eigenvalue weighted by molar-refractivity contribution is 6.34. The molecule has 1 amide bonds. The standard InChI is InChI=1S/C12H12ClN5O/c1-7-2-3-8(6-15-7)16-12(19)11-9(13)4-5-10(17-11)18-14/h2-6H,14H2,1H3,(H,16,19)(H,17,18). The first-order valence-corrected chi connectivity index (χ1v) is 5.85. The lowest BCUT2D eigenvalue weighted by Gasteiger charge is -2.07. The van der Waals surface area contributed by atoms with Crippen molar-refractivity contribution >= 4 is 29.0 Å². The van der Waals surface area contributed by atoms with Gasteiger partial charge in [0, 0.05) is 5.69 Å². The molecule has 0 atom stereocenters. The van der Waals surface area contributed by atoms with Crippen molar-refractivity contribution < 1.29 is 4.79 Å². The third-order valence-electron chi connectivity index (χ3n) is 2.38. The van der Waals surface area contributed by atoms with Crippen LogP contribution in [0.1, 0.15) is 16.2 Å². The second-order valence-corrected chi connectivity index (χ2v) is 4.22. The van der Waals surface area contributed by atoms with E-state index in [9.17, 15) is 4.79 Å². The fourth-order valence-corrected chi connectivity index (χ4v) is 1.60. The predicted molar refractivity (Wildman–Crippen MR) is 74.0 cm³/mol. The van der Waals surface area contributed by atoms with Crippen molar-refractivity contribution in [3.63, 3.8) is 0 Å². The first kappa shape index (κ1) is 13.3. The van der Waals surface area contributed by atoms with E-state index in [1.807, 2.05) is 6.92 Å². The Labute approximate surface area is 115 Å². The fraction of sp³-hybridized carbons (Fsp3) is 0.0833. The summed E-state index contributed by atoms with van der Waals surface area (Å²) >= 11 is 5.93. The van der Waals surface area contributed by atoms with Gasteiger partial charge in [-0.25, -0.2) is 10.8 Å². The molecule has 0 fully saturated rings. The lowest BCUT2D eigenvalue weighted by molar-refractivity contribution is 0.102. The molecule has 0 aliphatic carbocycles. The Bertz CT molecular complexity index is 600. The molecule has 2 rings (SSSR count). The Balaban J connectivity index is 2.22. The van der Waals surface area contributed by atoms with E-state index in [4.69, 9.17) is 17.4 Å². The van der Waals surface area contributed by atoms with Crippen LogP contribution in [0.15, 0.2) is 30.5 Å². The van der Waals surface area contributed by atoms with E-state index in [1.165, 1.54) is 0 Å². The van der Waals surface area contributed by atoms with Crippen molar-refractivity contribution in [3.05, 3.63) is 46.9 Å². The van der Waals surface area contributed by atoms with Crippen LogP contribution in [0.5, 0.6) is 0 Å². The van der Waals surface area contributed by atoms with Gasteiger partial charge in [-0.3, -0.25) is 9.78 Å². The number of amides is 1. The van der Waals surface area contributed by atoms with E-state index in [1.54, 1.807) is 30.5 Å². The molecular weight excluding hydrogens is 266 g/mol. The Kier molecular flexibility index (Phi) is 3.94. The van der Waals surface area contributed by atoms with Crippen molar-refractivity contribution in [3.8, 4) is 0 Å². The van der Waals surface area contributed by atoms with Crippen LogP contribution in [0.25, 0.3) is 0 Å². The summed E-state index contributed by atoms with van der Waals surface area (Å²) in [5.74, 6) is 5.18. The average Bonchev–Trinajstić information content (AvgIpc) is 2.42. The summed E-state index contributed by atoms with van der Waals surface area (Å²) in [5.41, 5.74) is 3.89. The maximum absolute atomic E-state index is 12.0. The van der Waals surface area contributed by atoms with Crippen molar-refractivity contribution in [1.82, 2.24) is 9.97 Å². The maximum Gasteiger partial charge on any atom is 0.275 e. The number of nitrogens with two attached hydrogens (primary N) is 1. The third kappa shape index (κ3) is 3.18. The number of anilines is 2. The first-order chi connectivity index (χ1) is 9.10. The molecule has 0 unspecified atom stereocenters. The molecule has 0 spiro atoms. The number of hydrazine groups is 1. The number of hydrogen-bond acceptors (Lipinski definition) is 5. The molecule has 0 bridgehead atoms. The summed E-state index contributed by atoms with van der Waals surface area (Å²) in [5, 5.41) is 2.91. The minimum absolute atomic E-state index is 0.0951. The average molecular weight is 278 g/mol. The van der Waals surface area contributed by atoms with Gasteiger partial charge < -0.3 is 10.7 Å². The van der Waals surface area contributed by atoms with Crippen LogP contribution >= 0.6 is 11.6 Å². The van der Waals surface area contributed by atoms with E-state index < -0.39 is 5.91 Å². The monoisotopic (exact) mass is 277 g/mol. The molecule has 0 saturated carbocycles. The molecule has 0 saturated heterocycles. The van der Waals surface area contributed by atoms with E-state index in [0.29, 0.717) is 11.5 Å². The highest BCUT2D eigenvalue weighted by Gasteiger charge is 2.13. The van der Waals surface area contributed by atoms with Crippen LogP contribution in [0, 0.1) is 6.92 Å². The third-order valence-corrected chi connectivity index (χ3v) is 2.68. The first-order valence-electron chi connectivity index (χ1n) is 5.47. The second kappa shape index (κ2) is 5.64. The predicted octanol–water partition coefficient (Wildman–Crippen LogP) is 1.98. The van der Waals surface area contributed by atoms with Crippen molar-refractivity contribution in [1.29, 1.82) is 0 Å². The Morgan fingerprint density at radius 2 is 2.11 bits per heavy atom. The molecule has 2 aromatic rings. The second-order valence-electron chi connectivity index (χ2n) is 3.81. The van der Waals surface area contributed by atoms with Crippen LogP contribution < -0.4 is 16.6 Å². The van der Waals surface area contributed by atoms with Crippen LogP contribution in [-0.2, 0) is 0 Å². The van der Waals surface area contributed by atoms with E-state index in [-0.39, 0.29) is 10.7 Å². The molecule has 0 aliphatic rings. The van der Waals surface area contributed by atoms with Gasteiger partial charge in [0.2, 0.25) is 0 Å². The van der Waals surface area contributed by atoms with Crippen LogP contribution in [0.4, 0.5) is 11.5 Å². The van der Waals surface area contributed by atoms with E-state index in [2.05, 4.69) is 20.7 Å². The minimum atomic E-state index is -0.423. The molecular formula is C12H12ClN5O. The summed E-state index contributed by atoms with van der Waals surface area (Å²) < 4.78 is 0. The lowest BCUT2D eigenvalue weighted by atomic mass is 10.3. The van der Waals surface area contributed by atoms with Gasteiger partial charge in [0.15, 0.2) is 0 Å². The zero-order valence-corrected chi connectivity index (χ0v) is 10.9. The maximum atomic E-state index is 12.0. The van der Waals surface area contributed by atoms with Crippen molar-refractivity contribution in [2.24, 2.45) is 5.84 Å². The Hall–Kier alpha value is -2.18. The quantitative estimate of drug-likeness (QED) is 0.589. The number of nitrogens with one attached hydrogen (secondary N) is 2. The lowest BCUT2D eigenvalue weighted by Crippen LogP contribution is -2.17. The summed E-state index contributed by atoms with van der Waals surface area (Å²) in [4.78, 5) is 20.1. The van der Waals surface area contributed by atoms with Gasteiger partial charge in [-0.05, 0) is 31.2 Å². The minimum Gasteiger partial charge on any atom is -0.319 e. The van der Waals surface area contributed by atoms with Crippen LogP contribution in [0.3, 0.4) is 0 Å². The number of aromatic nitrogens is 2. The Morgan fingerprint density at radius 3 is 2.74 bits per heavy atom. The largest absolute Gasteiger partial charge is 0.319 e. The van der Waals surface area contributed by atoms with Gasteiger partial charge in [0.05, 0.1) is 16.9 Å². The summed E-state index contributed by atoms with van der Waals surface area (Å²) in [6, 6.07) is 6.67. The van der Waals surface area contributed by atoms with Gasteiger partial charge in [0.1, 0.15) is 11.5 Å². The number of carbonyl (C=O) groups is 1. The summed E-state index contributed by atoms with van der Waals surface area (Å²) in [6.45, 7) is 1.86.